The Kier molecular flexibility index (Phi) is 4.22. The van der Waals surface area contributed by atoms with E-state index >= 15 is 0 Å². The maximum absolute atomic E-state index is 5.86. The second-order valence-corrected chi connectivity index (χ2v) is 5.19. The lowest BCUT2D eigenvalue weighted by Gasteiger charge is -2.09. The molecule has 1 aromatic carbocycles. The molecule has 2 N–H and O–H groups in total. The number of nitrogens with zero attached hydrogens (tertiary/aromatic N) is 1. The Morgan fingerprint density at radius 3 is 2.67 bits per heavy atom. The van der Waals surface area contributed by atoms with Gasteiger partial charge in [0, 0.05) is 23.3 Å². The van der Waals surface area contributed by atoms with Crippen molar-refractivity contribution in [2.24, 2.45) is 5.73 Å². The van der Waals surface area contributed by atoms with E-state index < -0.39 is 0 Å². The van der Waals surface area contributed by atoms with Crippen LogP contribution >= 0.6 is 27.5 Å². The summed E-state index contributed by atoms with van der Waals surface area (Å²) in [5.41, 5.74) is 6.72. The smallest absolute Gasteiger partial charge is 0.219 e. The SMILES string of the molecule is C[C@@H](N)c1ccc(Oc2ccc(Cl)cc2Br)nc1. The molecule has 0 aliphatic carbocycles. The average molecular weight is 328 g/mol. The fourth-order valence-electron chi connectivity index (χ4n) is 1.39. The van der Waals surface area contributed by atoms with E-state index in [1.54, 1.807) is 30.5 Å². The lowest BCUT2D eigenvalue weighted by atomic mass is 10.2. The van der Waals surface area contributed by atoms with E-state index in [4.69, 9.17) is 22.1 Å². The van der Waals surface area contributed by atoms with Gasteiger partial charge in [-0.3, -0.25) is 0 Å². The van der Waals surface area contributed by atoms with Crippen molar-refractivity contribution in [3.8, 4) is 11.6 Å². The minimum Gasteiger partial charge on any atom is -0.438 e. The van der Waals surface area contributed by atoms with Crippen LogP contribution in [0.15, 0.2) is 41.0 Å². The molecule has 18 heavy (non-hydrogen) atoms. The third-order valence-electron chi connectivity index (χ3n) is 2.39. The zero-order valence-corrected chi connectivity index (χ0v) is 12.1. The highest BCUT2D eigenvalue weighted by atomic mass is 79.9. The van der Waals surface area contributed by atoms with Crippen molar-refractivity contribution in [3.05, 3.63) is 51.6 Å². The molecule has 0 aliphatic heterocycles. The summed E-state index contributed by atoms with van der Waals surface area (Å²) in [6.07, 6.45) is 1.71. The predicted octanol–water partition coefficient (Wildman–Crippen LogP) is 4.31. The topological polar surface area (TPSA) is 48.1 Å². The van der Waals surface area contributed by atoms with E-state index in [0.29, 0.717) is 16.7 Å². The van der Waals surface area contributed by atoms with Crippen LogP contribution in [-0.2, 0) is 0 Å². The van der Waals surface area contributed by atoms with Crippen molar-refractivity contribution in [1.82, 2.24) is 4.98 Å². The summed E-state index contributed by atoms with van der Waals surface area (Å²) in [6.45, 7) is 1.91. The quantitative estimate of drug-likeness (QED) is 0.914. The van der Waals surface area contributed by atoms with Crippen molar-refractivity contribution in [2.75, 3.05) is 0 Å². The van der Waals surface area contributed by atoms with Crippen LogP contribution in [0, 0.1) is 0 Å². The number of pyridine rings is 1. The lowest BCUT2D eigenvalue weighted by molar-refractivity contribution is 0.459. The predicted molar refractivity (Wildman–Crippen MR) is 76.1 cm³/mol. The standard InChI is InChI=1S/C13H12BrClN2O/c1-8(16)9-2-5-13(17-7-9)18-12-4-3-10(15)6-11(12)14/h2-8H,16H2,1H3/t8-/m1/s1. The first-order chi connectivity index (χ1) is 8.56. The summed E-state index contributed by atoms with van der Waals surface area (Å²) in [4.78, 5) is 4.20. The largest absolute Gasteiger partial charge is 0.438 e. The summed E-state index contributed by atoms with van der Waals surface area (Å²) in [7, 11) is 0. The Hall–Kier alpha value is -1.10. The molecule has 5 heteroatoms. The zero-order valence-electron chi connectivity index (χ0n) is 9.73. The second kappa shape index (κ2) is 5.69. The number of aromatic nitrogens is 1. The Morgan fingerprint density at radius 2 is 2.11 bits per heavy atom. The molecule has 0 spiro atoms. The van der Waals surface area contributed by atoms with E-state index in [-0.39, 0.29) is 6.04 Å². The molecule has 94 valence electrons. The van der Waals surface area contributed by atoms with Gasteiger partial charge in [-0.2, -0.15) is 0 Å². The molecule has 0 aliphatic rings. The number of hydrogen-bond donors (Lipinski definition) is 1. The molecule has 0 fully saturated rings. The van der Waals surface area contributed by atoms with E-state index in [1.165, 1.54) is 0 Å². The second-order valence-electron chi connectivity index (χ2n) is 3.90. The number of halogens is 2. The minimum absolute atomic E-state index is 0.0335. The van der Waals surface area contributed by atoms with Gasteiger partial charge >= 0.3 is 0 Å². The highest BCUT2D eigenvalue weighted by molar-refractivity contribution is 9.10. The third kappa shape index (κ3) is 3.22. The molecular formula is C13H12BrClN2O. The lowest BCUT2D eigenvalue weighted by Crippen LogP contribution is -2.05. The molecule has 0 radical (unpaired) electrons. The Labute approximate surface area is 119 Å². The number of hydrogen-bond acceptors (Lipinski definition) is 3. The van der Waals surface area contributed by atoms with Crippen molar-refractivity contribution in [2.45, 2.75) is 13.0 Å². The van der Waals surface area contributed by atoms with Gasteiger partial charge in [0.1, 0.15) is 5.75 Å². The minimum atomic E-state index is -0.0335. The molecule has 2 rings (SSSR count). The van der Waals surface area contributed by atoms with Crippen molar-refractivity contribution in [3.63, 3.8) is 0 Å². The molecular weight excluding hydrogens is 316 g/mol. The Bertz CT molecular complexity index is 543. The molecule has 1 aromatic heterocycles. The molecule has 1 atom stereocenters. The van der Waals surface area contributed by atoms with Crippen molar-refractivity contribution in [1.29, 1.82) is 0 Å². The highest BCUT2D eigenvalue weighted by Gasteiger charge is 2.05. The first-order valence-corrected chi connectivity index (χ1v) is 6.58. The Morgan fingerprint density at radius 1 is 1.33 bits per heavy atom. The first-order valence-electron chi connectivity index (χ1n) is 5.40. The van der Waals surface area contributed by atoms with Crippen LogP contribution in [0.25, 0.3) is 0 Å². The molecule has 0 amide bonds. The zero-order chi connectivity index (χ0) is 13.1. The van der Waals surface area contributed by atoms with E-state index in [0.717, 1.165) is 10.0 Å². The fourth-order valence-corrected chi connectivity index (χ4v) is 2.16. The average Bonchev–Trinajstić information content (AvgIpc) is 2.33. The number of nitrogens with two attached hydrogens (primary N) is 1. The monoisotopic (exact) mass is 326 g/mol. The fraction of sp³-hybridized carbons (Fsp3) is 0.154. The van der Waals surface area contributed by atoms with Crippen LogP contribution < -0.4 is 10.5 Å². The van der Waals surface area contributed by atoms with Crippen molar-refractivity contribution < 1.29 is 4.74 Å². The normalized spacial score (nSPS) is 12.2. The van der Waals surface area contributed by atoms with Crippen LogP contribution in [-0.4, -0.2) is 4.98 Å². The molecule has 3 nitrogen and oxygen atoms in total. The summed E-state index contributed by atoms with van der Waals surface area (Å²) >= 11 is 9.25. The third-order valence-corrected chi connectivity index (χ3v) is 3.25. The summed E-state index contributed by atoms with van der Waals surface area (Å²) in [6, 6.07) is 8.98. The Balaban J connectivity index is 2.18. The highest BCUT2D eigenvalue weighted by Crippen LogP contribution is 2.31. The van der Waals surface area contributed by atoms with Gasteiger partial charge in [-0.25, -0.2) is 4.98 Å². The van der Waals surface area contributed by atoms with Gasteiger partial charge in [-0.1, -0.05) is 17.7 Å². The van der Waals surface area contributed by atoms with Crippen LogP contribution in [0.4, 0.5) is 0 Å². The van der Waals surface area contributed by atoms with Gasteiger partial charge in [-0.15, -0.1) is 0 Å². The summed E-state index contributed by atoms with van der Waals surface area (Å²) in [5, 5.41) is 0.648. The maximum atomic E-state index is 5.86. The first kappa shape index (κ1) is 13.3. The molecule has 0 bridgehead atoms. The van der Waals surface area contributed by atoms with Crippen LogP contribution in [0.5, 0.6) is 11.6 Å². The van der Waals surface area contributed by atoms with Crippen LogP contribution in [0.1, 0.15) is 18.5 Å². The van der Waals surface area contributed by atoms with Crippen LogP contribution in [0.2, 0.25) is 5.02 Å². The number of rotatable bonds is 3. The van der Waals surface area contributed by atoms with Gasteiger partial charge in [0.2, 0.25) is 5.88 Å². The van der Waals surface area contributed by atoms with Gasteiger partial charge < -0.3 is 10.5 Å². The van der Waals surface area contributed by atoms with Gasteiger partial charge in [-0.05, 0) is 46.6 Å². The number of benzene rings is 1. The van der Waals surface area contributed by atoms with Gasteiger partial charge in [0.05, 0.1) is 4.47 Å². The summed E-state index contributed by atoms with van der Waals surface area (Å²) < 4.78 is 6.43. The van der Waals surface area contributed by atoms with Crippen molar-refractivity contribution >= 4 is 27.5 Å². The van der Waals surface area contributed by atoms with Crippen LogP contribution in [0.3, 0.4) is 0 Å². The van der Waals surface area contributed by atoms with E-state index in [9.17, 15) is 0 Å². The van der Waals surface area contributed by atoms with E-state index in [2.05, 4.69) is 20.9 Å². The molecule has 0 saturated carbocycles. The van der Waals surface area contributed by atoms with Gasteiger partial charge in [0.25, 0.3) is 0 Å². The maximum Gasteiger partial charge on any atom is 0.219 e. The summed E-state index contributed by atoms with van der Waals surface area (Å²) in [5.74, 6) is 1.18. The molecule has 0 saturated heterocycles. The van der Waals surface area contributed by atoms with Gasteiger partial charge in [0.15, 0.2) is 0 Å². The molecule has 1 heterocycles. The molecule has 2 aromatic rings. The van der Waals surface area contributed by atoms with E-state index in [1.807, 2.05) is 13.0 Å². The number of ether oxygens (including phenoxy) is 1. The molecule has 0 unspecified atom stereocenters.